The molecule has 27 heavy (non-hydrogen) atoms. The van der Waals surface area contributed by atoms with Crippen LogP contribution in [0.4, 0.5) is 20.0 Å². The number of hydrogen-bond donors (Lipinski definition) is 1. The second-order valence-electron chi connectivity index (χ2n) is 5.64. The Bertz CT molecular complexity index is 990. The molecule has 0 aliphatic rings. The largest absolute Gasteiger partial charge is 0.445 e. The molecular formula is C19H16FN3O3S. The normalized spacial score (nSPS) is 10.3. The van der Waals surface area contributed by atoms with Crippen molar-refractivity contribution in [2.75, 3.05) is 17.3 Å². The third-order valence-corrected chi connectivity index (χ3v) is 4.45. The van der Waals surface area contributed by atoms with E-state index in [0.29, 0.717) is 27.2 Å². The molecule has 0 aliphatic heterocycles. The highest BCUT2D eigenvalue weighted by Crippen LogP contribution is 2.30. The number of benzene rings is 2. The first-order chi connectivity index (χ1) is 12.9. The summed E-state index contributed by atoms with van der Waals surface area (Å²) in [4.78, 5) is 29.4. The topological polar surface area (TPSA) is 71.5 Å². The van der Waals surface area contributed by atoms with Crippen molar-refractivity contribution in [3.8, 4) is 10.8 Å². The van der Waals surface area contributed by atoms with Crippen LogP contribution in [0.5, 0.6) is 10.8 Å². The lowest BCUT2D eigenvalue weighted by Gasteiger charge is -2.17. The molecule has 0 saturated carbocycles. The number of ketones is 1. The predicted octanol–water partition coefficient (Wildman–Crippen LogP) is 4.95. The Balaban J connectivity index is 1.66. The van der Waals surface area contributed by atoms with E-state index in [1.54, 1.807) is 43.4 Å². The molecule has 0 unspecified atom stereocenters. The van der Waals surface area contributed by atoms with Crippen LogP contribution in [0, 0.1) is 5.82 Å². The van der Waals surface area contributed by atoms with Crippen molar-refractivity contribution in [2.24, 2.45) is 0 Å². The number of urea groups is 1. The van der Waals surface area contributed by atoms with E-state index in [2.05, 4.69) is 10.3 Å². The molecule has 3 rings (SSSR count). The minimum absolute atomic E-state index is 0.0790. The fraction of sp³-hybridized carbons (Fsp3) is 0.105. The maximum absolute atomic E-state index is 13.2. The molecule has 2 amide bonds. The zero-order valence-corrected chi connectivity index (χ0v) is 15.4. The molecule has 6 nitrogen and oxygen atoms in total. The number of nitrogens with zero attached hydrogens (tertiary/aromatic N) is 2. The van der Waals surface area contributed by atoms with Crippen molar-refractivity contribution in [3.05, 3.63) is 66.1 Å². The second-order valence-corrected chi connectivity index (χ2v) is 6.63. The molecule has 0 fully saturated rings. The zero-order valence-electron chi connectivity index (χ0n) is 14.6. The number of halogens is 1. The first kappa shape index (κ1) is 18.5. The van der Waals surface area contributed by atoms with Gasteiger partial charge in [0.2, 0.25) is 5.06 Å². The summed E-state index contributed by atoms with van der Waals surface area (Å²) in [5, 5.41) is 3.41. The SMILES string of the molecule is CC(=O)c1cccc(N(C)C(=O)Nc2ncc(Oc3cccc(F)c3)s2)c1. The lowest BCUT2D eigenvalue weighted by Crippen LogP contribution is -2.31. The Morgan fingerprint density at radius 2 is 1.96 bits per heavy atom. The molecule has 3 aromatic rings. The Kier molecular flexibility index (Phi) is 5.46. The Morgan fingerprint density at radius 3 is 2.70 bits per heavy atom. The summed E-state index contributed by atoms with van der Waals surface area (Å²) in [6, 6.07) is 12.1. The van der Waals surface area contributed by atoms with E-state index in [0.717, 1.165) is 11.3 Å². The Hall–Kier alpha value is -3.26. The van der Waals surface area contributed by atoms with Crippen LogP contribution >= 0.6 is 11.3 Å². The minimum Gasteiger partial charge on any atom is -0.445 e. The summed E-state index contributed by atoms with van der Waals surface area (Å²) >= 11 is 1.11. The van der Waals surface area contributed by atoms with Crippen molar-refractivity contribution in [1.29, 1.82) is 0 Å². The fourth-order valence-electron chi connectivity index (χ4n) is 2.24. The molecule has 0 radical (unpaired) electrons. The van der Waals surface area contributed by atoms with Gasteiger partial charge in [-0.05, 0) is 31.2 Å². The molecule has 2 aromatic carbocycles. The smallest absolute Gasteiger partial charge is 0.327 e. The number of carbonyl (C=O) groups excluding carboxylic acids is 2. The van der Waals surface area contributed by atoms with E-state index in [1.807, 2.05) is 0 Å². The van der Waals surface area contributed by atoms with Crippen molar-refractivity contribution in [1.82, 2.24) is 4.98 Å². The van der Waals surface area contributed by atoms with E-state index in [-0.39, 0.29) is 5.78 Å². The molecule has 0 spiro atoms. The average molecular weight is 385 g/mol. The first-order valence-corrected chi connectivity index (χ1v) is 8.79. The van der Waals surface area contributed by atoms with Crippen LogP contribution in [0.2, 0.25) is 0 Å². The number of Topliss-reactive ketones (excluding diaryl/α,β-unsaturated/α-hetero) is 1. The Morgan fingerprint density at radius 1 is 1.19 bits per heavy atom. The van der Waals surface area contributed by atoms with Crippen LogP contribution < -0.4 is 15.0 Å². The van der Waals surface area contributed by atoms with Crippen LogP contribution in [-0.2, 0) is 0 Å². The number of thiazole rings is 1. The second kappa shape index (κ2) is 7.96. The van der Waals surface area contributed by atoms with Gasteiger partial charge in [-0.15, -0.1) is 0 Å². The highest BCUT2D eigenvalue weighted by molar-refractivity contribution is 7.17. The van der Waals surface area contributed by atoms with Gasteiger partial charge in [-0.2, -0.15) is 0 Å². The molecule has 0 saturated heterocycles. The van der Waals surface area contributed by atoms with E-state index >= 15 is 0 Å². The molecule has 1 heterocycles. The van der Waals surface area contributed by atoms with Gasteiger partial charge in [0, 0.05) is 24.4 Å². The minimum atomic E-state index is -0.414. The molecule has 8 heteroatoms. The van der Waals surface area contributed by atoms with Crippen LogP contribution in [0.1, 0.15) is 17.3 Å². The average Bonchev–Trinajstić information content (AvgIpc) is 3.08. The van der Waals surface area contributed by atoms with Gasteiger partial charge in [-0.3, -0.25) is 15.0 Å². The molecule has 138 valence electrons. The quantitative estimate of drug-likeness (QED) is 0.631. The van der Waals surface area contributed by atoms with Gasteiger partial charge in [-0.1, -0.05) is 29.5 Å². The monoisotopic (exact) mass is 385 g/mol. The number of anilines is 2. The summed E-state index contributed by atoms with van der Waals surface area (Å²) in [6.07, 6.45) is 1.45. The zero-order chi connectivity index (χ0) is 19.4. The molecule has 0 atom stereocenters. The summed E-state index contributed by atoms with van der Waals surface area (Å²) in [7, 11) is 1.59. The standard InChI is InChI=1S/C19H16FN3O3S/c1-12(24)13-5-3-7-15(9-13)23(2)19(25)22-18-21-11-17(27-18)26-16-8-4-6-14(20)10-16/h3-11H,1-2H3,(H,21,22,25). The van der Waals surface area contributed by atoms with E-state index in [9.17, 15) is 14.0 Å². The summed E-state index contributed by atoms with van der Waals surface area (Å²) in [6.45, 7) is 1.47. The predicted molar refractivity (Wildman–Crippen MR) is 102 cm³/mol. The number of hydrogen-bond acceptors (Lipinski definition) is 5. The molecule has 1 aromatic heterocycles. The summed E-state index contributed by atoms with van der Waals surface area (Å²) in [5.74, 6) is -0.139. The number of nitrogens with one attached hydrogen (secondary N) is 1. The first-order valence-electron chi connectivity index (χ1n) is 7.97. The molecular weight excluding hydrogens is 369 g/mol. The van der Waals surface area contributed by atoms with Gasteiger partial charge in [-0.25, -0.2) is 14.2 Å². The maximum Gasteiger partial charge on any atom is 0.327 e. The van der Waals surface area contributed by atoms with Gasteiger partial charge in [0.25, 0.3) is 0 Å². The van der Waals surface area contributed by atoms with Crippen molar-refractivity contribution in [2.45, 2.75) is 6.92 Å². The lowest BCUT2D eigenvalue weighted by molar-refractivity contribution is 0.101. The summed E-state index contributed by atoms with van der Waals surface area (Å²) < 4.78 is 18.7. The Labute approximate surface area is 159 Å². The van der Waals surface area contributed by atoms with Crippen LogP contribution in [0.15, 0.2) is 54.7 Å². The van der Waals surface area contributed by atoms with Crippen molar-refractivity contribution in [3.63, 3.8) is 0 Å². The van der Waals surface area contributed by atoms with E-state index in [1.165, 1.54) is 30.2 Å². The number of amides is 2. The lowest BCUT2D eigenvalue weighted by atomic mass is 10.1. The fourth-order valence-corrected chi connectivity index (χ4v) is 2.91. The number of carbonyl (C=O) groups is 2. The van der Waals surface area contributed by atoms with Crippen LogP contribution in [0.3, 0.4) is 0 Å². The van der Waals surface area contributed by atoms with Crippen molar-refractivity contribution >= 4 is 34.0 Å². The van der Waals surface area contributed by atoms with Gasteiger partial charge < -0.3 is 4.74 Å². The van der Waals surface area contributed by atoms with E-state index in [4.69, 9.17) is 4.74 Å². The number of rotatable bonds is 5. The van der Waals surface area contributed by atoms with Gasteiger partial charge >= 0.3 is 6.03 Å². The maximum atomic E-state index is 13.2. The third-order valence-electron chi connectivity index (χ3n) is 3.66. The molecule has 0 aliphatic carbocycles. The van der Waals surface area contributed by atoms with Crippen LogP contribution in [0.25, 0.3) is 0 Å². The van der Waals surface area contributed by atoms with E-state index < -0.39 is 11.8 Å². The molecule has 0 bridgehead atoms. The highest BCUT2D eigenvalue weighted by Gasteiger charge is 2.14. The van der Waals surface area contributed by atoms with Gasteiger partial charge in [0.1, 0.15) is 11.6 Å². The van der Waals surface area contributed by atoms with Crippen LogP contribution in [-0.4, -0.2) is 23.8 Å². The number of ether oxygens (including phenoxy) is 1. The third kappa shape index (κ3) is 4.68. The molecule has 1 N–H and O–H groups in total. The number of aromatic nitrogens is 1. The highest BCUT2D eigenvalue weighted by atomic mass is 32.1. The van der Waals surface area contributed by atoms with Gasteiger partial charge in [0.05, 0.1) is 6.20 Å². The van der Waals surface area contributed by atoms with Gasteiger partial charge in [0.15, 0.2) is 10.9 Å². The van der Waals surface area contributed by atoms with Crippen molar-refractivity contribution < 1.29 is 18.7 Å². The summed E-state index contributed by atoms with van der Waals surface area (Å²) in [5.41, 5.74) is 1.10.